The fourth-order valence-corrected chi connectivity index (χ4v) is 2.50. The maximum Gasteiger partial charge on any atom is 0.191 e. The smallest absolute Gasteiger partial charge is 0.191 e. The minimum Gasteiger partial charge on any atom is -0.357 e. The lowest BCUT2D eigenvalue weighted by Gasteiger charge is -2.20. The molecule has 1 aromatic rings. The Morgan fingerprint density at radius 3 is 2.77 bits per heavy atom. The topological polar surface area (TPSA) is 36.4 Å². The third-order valence-corrected chi connectivity index (χ3v) is 5.17. The molecule has 0 bridgehead atoms. The van der Waals surface area contributed by atoms with E-state index in [2.05, 4.69) is 42.7 Å². The van der Waals surface area contributed by atoms with E-state index in [4.69, 9.17) is 0 Å². The van der Waals surface area contributed by atoms with E-state index in [1.54, 1.807) is 6.07 Å². The van der Waals surface area contributed by atoms with E-state index in [0.717, 1.165) is 31.0 Å². The quantitative estimate of drug-likeness (QED) is 0.622. The van der Waals surface area contributed by atoms with Gasteiger partial charge in [0.05, 0.1) is 6.54 Å². The number of halogens is 1. The Labute approximate surface area is 137 Å². The van der Waals surface area contributed by atoms with Crippen molar-refractivity contribution in [3.8, 4) is 0 Å². The van der Waals surface area contributed by atoms with Crippen LogP contribution in [0, 0.1) is 5.82 Å². The highest BCUT2D eigenvalue weighted by Crippen LogP contribution is 2.41. The van der Waals surface area contributed by atoms with Crippen LogP contribution in [0.25, 0.3) is 0 Å². The molecule has 0 aromatic heterocycles. The normalized spacial score (nSPS) is 21.6. The lowest BCUT2D eigenvalue weighted by molar-refractivity contribution is 0.607. The summed E-state index contributed by atoms with van der Waals surface area (Å²) in [5, 5.41) is 6.70. The van der Waals surface area contributed by atoms with E-state index < -0.39 is 0 Å². The van der Waals surface area contributed by atoms with Gasteiger partial charge in [-0.25, -0.2) is 4.39 Å². The average molecular weight is 323 g/mol. The van der Waals surface area contributed by atoms with E-state index in [1.165, 1.54) is 6.07 Å². The molecule has 1 aliphatic carbocycles. The second-order valence-electron chi connectivity index (χ2n) is 6.27. The first-order valence-electron chi connectivity index (χ1n) is 7.81. The number of hydrogen-bond acceptors (Lipinski definition) is 2. The van der Waals surface area contributed by atoms with Gasteiger partial charge in [-0.2, -0.15) is 11.8 Å². The molecule has 0 radical (unpaired) electrons. The highest BCUT2D eigenvalue weighted by atomic mass is 32.2. The summed E-state index contributed by atoms with van der Waals surface area (Å²) in [6.45, 7) is 8.00. The molecule has 22 heavy (non-hydrogen) atoms. The van der Waals surface area contributed by atoms with Gasteiger partial charge in [-0.05, 0) is 45.1 Å². The Bertz CT molecular complexity index is 530. The largest absolute Gasteiger partial charge is 0.357 e. The summed E-state index contributed by atoms with van der Waals surface area (Å²) in [6.07, 6.45) is 3.06. The van der Waals surface area contributed by atoms with E-state index >= 15 is 0 Å². The number of hydrogen-bond donors (Lipinski definition) is 2. The molecule has 0 amide bonds. The van der Waals surface area contributed by atoms with Gasteiger partial charge < -0.3 is 10.6 Å². The highest BCUT2D eigenvalue weighted by Gasteiger charge is 2.40. The molecular formula is C17H26FN3S. The third kappa shape index (κ3) is 4.63. The summed E-state index contributed by atoms with van der Waals surface area (Å²) in [4.78, 5) is 4.67. The molecule has 3 nitrogen and oxygen atoms in total. The maximum absolute atomic E-state index is 13.8. The summed E-state index contributed by atoms with van der Waals surface area (Å²) in [6, 6.07) is 7.31. The zero-order valence-corrected chi connectivity index (χ0v) is 14.6. The molecular weight excluding hydrogens is 297 g/mol. The van der Waals surface area contributed by atoms with Gasteiger partial charge >= 0.3 is 0 Å². The zero-order chi connectivity index (χ0) is 16.2. The van der Waals surface area contributed by atoms with Gasteiger partial charge in [0, 0.05) is 23.3 Å². The predicted molar refractivity (Wildman–Crippen MR) is 94.3 cm³/mol. The number of aliphatic imine (C=N–C) groups is 1. The van der Waals surface area contributed by atoms with Crippen LogP contribution in [0.5, 0.6) is 0 Å². The van der Waals surface area contributed by atoms with Crippen molar-refractivity contribution < 1.29 is 4.39 Å². The van der Waals surface area contributed by atoms with Gasteiger partial charge in [-0.3, -0.25) is 4.99 Å². The van der Waals surface area contributed by atoms with Crippen LogP contribution in [0.4, 0.5) is 4.39 Å². The Hall–Kier alpha value is -1.23. The number of nitrogens with one attached hydrogen (secondary N) is 2. The number of guanidine groups is 1. The van der Waals surface area contributed by atoms with E-state index in [9.17, 15) is 4.39 Å². The molecule has 0 saturated heterocycles. The lowest BCUT2D eigenvalue weighted by atomic mass is 10.1. The molecule has 0 heterocycles. The van der Waals surface area contributed by atoms with E-state index in [1.807, 2.05) is 23.9 Å². The van der Waals surface area contributed by atoms with Crippen molar-refractivity contribution in [1.29, 1.82) is 0 Å². The Morgan fingerprint density at radius 1 is 1.41 bits per heavy atom. The van der Waals surface area contributed by atoms with Crippen LogP contribution < -0.4 is 10.6 Å². The molecule has 0 aliphatic heterocycles. The molecule has 122 valence electrons. The average Bonchev–Trinajstić information content (AvgIpc) is 3.25. The second kappa shape index (κ2) is 7.36. The van der Waals surface area contributed by atoms with Gasteiger partial charge in [0.25, 0.3) is 0 Å². The number of benzene rings is 1. The maximum atomic E-state index is 13.8. The summed E-state index contributed by atoms with van der Waals surface area (Å²) in [7, 11) is 0. The molecule has 2 rings (SSSR count). The zero-order valence-electron chi connectivity index (χ0n) is 13.8. The first-order chi connectivity index (χ1) is 10.5. The second-order valence-corrected chi connectivity index (χ2v) is 7.79. The van der Waals surface area contributed by atoms with Crippen LogP contribution in [0.15, 0.2) is 29.3 Å². The van der Waals surface area contributed by atoms with Crippen molar-refractivity contribution in [3.05, 3.63) is 35.6 Å². The van der Waals surface area contributed by atoms with Gasteiger partial charge in [0.2, 0.25) is 0 Å². The number of thioether (sulfide) groups is 1. The molecule has 0 spiro atoms. The summed E-state index contributed by atoms with van der Waals surface area (Å²) >= 11 is 1.81. The van der Waals surface area contributed by atoms with Crippen molar-refractivity contribution in [3.63, 3.8) is 0 Å². The van der Waals surface area contributed by atoms with Crippen molar-refractivity contribution >= 4 is 17.7 Å². The number of rotatable bonds is 6. The Kier molecular flexibility index (Phi) is 5.73. The predicted octanol–water partition coefficient (Wildman–Crippen LogP) is 3.38. The monoisotopic (exact) mass is 323 g/mol. The first kappa shape index (κ1) is 17.1. The van der Waals surface area contributed by atoms with Crippen LogP contribution in [-0.4, -0.2) is 36.1 Å². The molecule has 5 heteroatoms. The van der Waals surface area contributed by atoms with Crippen molar-refractivity contribution in [2.24, 2.45) is 4.99 Å². The van der Waals surface area contributed by atoms with Crippen molar-refractivity contribution in [2.45, 2.75) is 43.9 Å². The van der Waals surface area contributed by atoms with Gasteiger partial charge in [-0.15, -0.1) is 0 Å². The van der Waals surface area contributed by atoms with Crippen LogP contribution in [0.3, 0.4) is 0 Å². The van der Waals surface area contributed by atoms with Crippen LogP contribution >= 0.6 is 11.8 Å². The standard InChI is InChI=1S/C17H26FN3S/c1-5-19-16(20-11-17(2,3)22-4)21-15-10-13(15)12-8-6-7-9-14(12)18/h6-9,13,15H,5,10-11H2,1-4H3,(H2,19,20,21). The molecule has 1 aromatic carbocycles. The molecule has 1 fully saturated rings. The molecule has 2 atom stereocenters. The SMILES string of the molecule is CCNC(=NCC(C)(C)SC)NC1CC1c1ccccc1F. The lowest BCUT2D eigenvalue weighted by Crippen LogP contribution is -2.40. The van der Waals surface area contributed by atoms with Crippen LogP contribution in [0.1, 0.15) is 38.7 Å². The van der Waals surface area contributed by atoms with Gasteiger partial charge in [0.1, 0.15) is 5.82 Å². The summed E-state index contributed by atoms with van der Waals surface area (Å²) < 4.78 is 13.9. The molecule has 2 unspecified atom stereocenters. The summed E-state index contributed by atoms with van der Waals surface area (Å²) in [5.74, 6) is 0.967. The van der Waals surface area contributed by atoms with Crippen LogP contribution in [0.2, 0.25) is 0 Å². The minimum atomic E-state index is -0.109. The van der Waals surface area contributed by atoms with Gasteiger partial charge in [0.15, 0.2) is 5.96 Å². The van der Waals surface area contributed by atoms with Crippen LogP contribution in [-0.2, 0) is 0 Å². The van der Waals surface area contributed by atoms with Crippen molar-refractivity contribution in [2.75, 3.05) is 19.3 Å². The molecule has 2 N–H and O–H groups in total. The minimum absolute atomic E-state index is 0.109. The molecule has 1 aliphatic rings. The van der Waals surface area contributed by atoms with Gasteiger partial charge in [-0.1, -0.05) is 18.2 Å². The Balaban J connectivity index is 1.96. The van der Waals surface area contributed by atoms with Crippen molar-refractivity contribution in [1.82, 2.24) is 10.6 Å². The Morgan fingerprint density at radius 2 is 2.14 bits per heavy atom. The number of nitrogens with zero attached hydrogens (tertiary/aromatic N) is 1. The van der Waals surface area contributed by atoms with E-state index in [-0.39, 0.29) is 22.5 Å². The first-order valence-corrected chi connectivity index (χ1v) is 9.03. The molecule has 1 saturated carbocycles. The summed E-state index contributed by atoms with van der Waals surface area (Å²) in [5.41, 5.74) is 0.806. The fraction of sp³-hybridized carbons (Fsp3) is 0.588. The third-order valence-electron chi connectivity index (χ3n) is 3.93. The highest BCUT2D eigenvalue weighted by molar-refractivity contribution is 7.99. The fourth-order valence-electron chi connectivity index (χ4n) is 2.30. The van der Waals surface area contributed by atoms with E-state index in [0.29, 0.717) is 0 Å².